The fraction of sp³-hybridized carbons (Fsp3) is 0.300. The number of carboxylic acid groups (broad SMARTS) is 1. The van der Waals surface area contributed by atoms with Crippen molar-refractivity contribution in [1.82, 2.24) is 19.1 Å². The van der Waals surface area contributed by atoms with Crippen molar-refractivity contribution in [1.29, 1.82) is 0 Å². The predicted molar refractivity (Wildman–Crippen MR) is 145 cm³/mol. The minimum Gasteiger partial charge on any atom is -0.478 e. The highest BCUT2D eigenvalue weighted by atomic mass is 19.4. The summed E-state index contributed by atoms with van der Waals surface area (Å²) < 4.78 is 45.5. The second kappa shape index (κ2) is 10.9. The number of alkyl halides is 3. The Morgan fingerprint density at radius 2 is 1.64 bits per heavy atom. The molecule has 39 heavy (non-hydrogen) atoms. The van der Waals surface area contributed by atoms with Crippen LogP contribution in [0.3, 0.4) is 0 Å². The SMILES string of the molecule is CCCCCn1c(C(F)(F)F)nc2cccc(-c3nc4cc(C(=O)O)ccc4n3CCCc3ccccc3)c21. The molecule has 0 saturated heterocycles. The van der Waals surface area contributed by atoms with Crippen LogP contribution in [0.25, 0.3) is 33.5 Å². The lowest BCUT2D eigenvalue weighted by atomic mass is 10.1. The van der Waals surface area contributed by atoms with E-state index in [9.17, 15) is 23.1 Å². The standard InChI is InChI=1S/C30H29F3N4O2/c1-2-3-7-17-37-26-22(13-8-14-23(26)35-29(37)30(31,32)33)27-34-24-19-21(28(38)39)15-16-25(24)36(27)18-9-12-20-10-5-4-6-11-20/h4-6,8,10-11,13-16,19H,2-3,7,9,12,17-18H2,1H3,(H,38,39). The van der Waals surface area contributed by atoms with Gasteiger partial charge in [-0.3, -0.25) is 0 Å². The molecule has 2 aromatic heterocycles. The molecule has 202 valence electrons. The molecule has 6 nitrogen and oxygen atoms in total. The second-order valence-electron chi connectivity index (χ2n) is 9.65. The molecule has 0 atom stereocenters. The van der Waals surface area contributed by atoms with E-state index in [4.69, 9.17) is 4.98 Å². The number of hydrogen-bond acceptors (Lipinski definition) is 3. The molecular weight excluding hydrogens is 505 g/mol. The van der Waals surface area contributed by atoms with Crippen LogP contribution < -0.4 is 0 Å². The molecule has 5 aromatic rings. The lowest BCUT2D eigenvalue weighted by molar-refractivity contribution is -0.147. The lowest BCUT2D eigenvalue weighted by Crippen LogP contribution is -2.15. The molecule has 2 heterocycles. The average molecular weight is 535 g/mol. The molecule has 0 spiro atoms. The predicted octanol–water partition coefficient (Wildman–Crippen LogP) is 7.59. The molecule has 5 rings (SSSR count). The number of benzene rings is 3. The third-order valence-electron chi connectivity index (χ3n) is 6.93. The summed E-state index contributed by atoms with van der Waals surface area (Å²) in [6.07, 6.45) is -0.754. The van der Waals surface area contributed by atoms with Crippen molar-refractivity contribution < 1.29 is 23.1 Å². The van der Waals surface area contributed by atoms with Crippen molar-refractivity contribution in [3.8, 4) is 11.4 Å². The number of hydrogen-bond donors (Lipinski definition) is 1. The molecule has 0 unspecified atom stereocenters. The summed E-state index contributed by atoms with van der Waals surface area (Å²) in [5.74, 6) is -1.49. The Bertz CT molecular complexity index is 1620. The first-order valence-electron chi connectivity index (χ1n) is 13.1. The van der Waals surface area contributed by atoms with Crippen molar-refractivity contribution in [2.75, 3.05) is 0 Å². The highest BCUT2D eigenvalue weighted by Gasteiger charge is 2.38. The van der Waals surface area contributed by atoms with E-state index < -0.39 is 18.0 Å². The summed E-state index contributed by atoms with van der Waals surface area (Å²) in [5, 5.41) is 9.51. The van der Waals surface area contributed by atoms with Gasteiger partial charge >= 0.3 is 12.1 Å². The van der Waals surface area contributed by atoms with E-state index >= 15 is 0 Å². The number of carbonyl (C=O) groups is 1. The lowest BCUT2D eigenvalue weighted by Gasteiger charge is -2.14. The van der Waals surface area contributed by atoms with Gasteiger partial charge in [-0.1, -0.05) is 56.2 Å². The van der Waals surface area contributed by atoms with Gasteiger partial charge in [-0.25, -0.2) is 14.8 Å². The van der Waals surface area contributed by atoms with Gasteiger partial charge in [-0.15, -0.1) is 0 Å². The topological polar surface area (TPSA) is 72.9 Å². The summed E-state index contributed by atoms with van der Waals surface area (Å²) >= 11 is 0. The van der Waals surface area contributed by atoms with Crippen LogP contribution in [0.5, 0.6) is 0 Å². The minimum absolute atomic E-state index is 0.102. The summed E-state index contributed by atoms with van der Waals surface area (Å²) in [7, 11) is 0. The van der Waals surface area contributed by atoms with Gasteiger partial charge in [-0.05, 0) is 55.2 Å². The molecule has 0 fully saturated rings. The number of fused-ring (bicyclic) bond motifs is 2. The first-order valence-corrected chi connectivity index (χ1v) is 13.1. The van der Waals surface area contributed by atoms with Crippen LogP contribution in [-0.2, 0) is 25.7 Å². The Hall–Kier alpha value is -4.14. The molecule has 0 amide bonds. The van der Waals surface area contributed by atoms with Crippen molar-refractivity contribution in [2.24, 2.45) is 0 Å². The monoisotopic (exact) mass is 534 g/mol. The van der Waals surface area contributed by atoms with Crippen molar-refractivity contribution in [3.05, 3.63) is 83.7 Å². The molecule has 0 radical (unpaired) electrons. The van der Waals surface area contributed by atoms with Gasteiger partial charge in [0.1, 0.15) is 5.82 Å². The zero-order chi connectivity index (χ0) is 27.6. The third-order valence-corrected chi connectivity index (χ3v) is 6.93. The summed E-state index contributed by atoms with van der Waals surface area (Å²) in [5.41, 5.74) is 3.68. The van der Waals surface area contributed by atoms with E-state index in [-0.39, 0.29) is 17.6 Å². The number of carboxylic acids is 1. The zero-order valence-electron chi connectivity index (χ0n) is 21.6. The first-order chi connectivity index (χ1) is 18.8. The minimum atomic E-state index is -4.60. The first kappa shape index (κ1) is 26.5. The van der Waals surface area contributed by atoms with Crippen LogP contribution in [0.1, 0.15) is 54.4 Å². The van der Waals surface area contributed by atoms with Crippen LogP contribution >= 0.6 is 0 Å². The van der Waals surface area contributed by atoms with Crippen molar-refractivity contribution in [2.45, 2.75) is 58.3 Å². The van der Waals surface area contributed by atoms with Gasteiger partial charge in [0.2, 0.25) is 5.82 Å². The Balaban J connectivity index is 1.67. The average Bonchev–Trinajstić information content (AvgIpc) is 3.48. The Kier molecular flexibility index (Phi) is 7.41. The normalized spacial score (nSPS) is 12.0. The number of aryl methyl sites for hydroxylation is 3. The van der Waals surface area contributed by atoms with Gasteiger partial charge in [0.15, 0.2) is 0 Å². The number of para-hydroxylation sites is 1. The highest BCUT2D eigenvalue weighted by Crippen LogP contribution is 2.37. The van der Waals surface area contributed by atoms with E-state index in [1.54, 1.807) is 24.3 Å². The molecule has 1 N–H and O–H groups in total. The molecule has 3 aromatic carbocycles. The van der Waals surface area contributed by atoms with E-state index in [0.29, 0.717) is 35.4 Å². The van der Waals surface area contributed by atoms with Crippen molar-refractivity contribution in [3.63, 3.8) is 0 Å². The van der Waals surface area contributed by atoms with E-state index in [1.165, 1.54) is 22.3 Å². The maximum atomic E-state index is 14.1. The number of unbranched alkanes of at least 4 members (excludes halogenated alkanes) is 2. The number of nitrogens with zero attached hydrogens (tertiary/aromatic N) is 4. The summed E-state index contributed by atoms with van der Waals surface area (Å²) in [4.78, 5) is 20.4. The van der Waals surface area contributed by atoms with Gasteiger partial charge in [0, 0.05) is 18.7 Å². The largest absolute Gasteiger partial charge is 0.478 e. The van der Waals surface area contributed by atoms with Gasteiger partial charge in [0.05, 0.1) is 27.6 Å². The van der Waals surface area contributed by atoms with E-state index in [2.05, 4.69) is 17.1 Å². The Morgan fingerprint density at radius 1 is 0.872 bits per heavy atom. The van der Waals surface area contributed by atoms with Crippen LogP contribution in [0.4, 0.5) is 13.2 Å². The molecule has 0 aliphatic heterocycles. The molecule has 0 aliphatic rings. The smallest absolute Gasteiger partial charge is 0.449 e. The number of imidazole rings is 2. The highest BCUT2D eigenvalue weighted by molar-refractivity contribution is 5.96. The fourth-order valence-electron chi connectivity index (χ4n) is 5.10. The maximum absolute atomic E-state index is 14.1. The van der Waals surface area contributed by atoms with Crippen LogP contribution in [0.2, 0.25) is 0 Å². The zero-order valence-corrected chi connectivity index (χ0v) is 21.6. The van der Waals surface area contributed by atoms with Crippen LogP contribution in [-0.4, -0.2) is 30.2 Å². The summed E-state index contributed by atoms with van der Waals surface area (Å²) in [6, 6.07) is 19.9. The van der Waals surface area contributed by atoms with Crippen LogP contribution in [0.15, 0.2) is 66.7 Å². The molecular formula is C30H29F3N4O2. The number of rotatable bonds is 10. The van der Waals surface area contributed by atoms with Crippen molar-refractivity contribution >= 4 is 28.0 Å². The number of halogens is 3. The molecule has 9 heteroatoms. The number of aromatic carboxylic acids is 1. The fourth-order valence-corrected chi connectivity index (χ4v) is 5.10. The molecule has 0 aliphatic carbocycles. The van der Waals surface area contributed by atoms with Crippen LogP contribution in [0, 0.1) is 0 Å². The Morgan fingerprint density at radius 3 is 2.36 bits per heavy atom. The summed E-state index contributed by atoms with van der Waals surface area (Å²) in [6.45, 7) is 2.75. The van der Waals surface area contributed by atoms with E-state index in [0.717, 1.165) is 31.2 Å². The second-order valence-corrected chi connectivity index (χ2v) is 9.65. The molecule has 0 saturated carbocycles. The number of aromatic nitrogens is 4. The quantitative estimate of drug-likeness (QED) is 0.187. The maximum Gasteiger partial charge on any atom is 0.449 e. The third kappa shape index (κ3) is 5.39. The van der Waals surface area contributed by atoms with Gasteiger partial charge in [0.25, 0.3) is 0 Å². The van der Waals surface area contributed by atoms with E-state index in [1.807, 2.05) is 29.7 Å². The molecule has 0 bridgehead atoms. The van der Waals surface area contributed by atoms with Gasteiger partial charge < -0.3 is 14.2 Å². The van der Waals surface area contributed by atoms with Gasteiger partial charge in [-0.2, -0.15) is 13.2 Å². The Labute approximate surface area is 223 Å².